The van der Waals surface area contributed by atoms with Gasteiger partial charge in [0.25, 0.3) is 0 Å². The second-order valence-corrected chi connectivity index (χ2v) is 7.31. The predicted molar refractivity (Wildman–Crippen MR) is 115 cm³/mol. The third-order valence-corrected chi connectivity index (χ3v) is 5.32. The fourth-order valence-corrected chi connectivity index (χ4v) is 3.55. The summed E-state index contributed by atoms with van der Waals surface area (Å²) >= 11 is 1.54. The monoisotopic (exact) mass is 401 g/mol. The zero-order chi connectivity index (χ0) is 20.1. The van der Waals surface area contributed by atoms with Gasteiger partial charge in [-0.25, -0.2) is 9.67 Å². The van der Waals surface area contributed by atoms with Crippen molar-refractivity contribution in [2.24, 2.45) is 0 Å². The molecule has 0 aliphatic carbocycles. The SMILES string of the molecule is Cc1ncsc1CNC(=O)C=Cc1cn(-c2ccccc2)nc1-c1cccnc1. The van der Waals surface area contributed by atoms with Gasteiger partial charge >= 0.3 is 0 Å². The van der Waals surface area contributed by atoms with Gasteiger partial charge in [-0.2, -0.15) is 5.10 Å². The lowest BCUT2D eigenvalue weighted by atomic mass is 10.1. The molecule has 1 aromatic carbocycles. The Morgan fingerprint density at radius 1 is 1.21 bits per heavy atom. The van der Waals surface area contributed by atoms with Crippen LogP contribution < -0.4 is 5.32 Å². The van der Waals surface area contributed by atoms with Crippen LogP contribution >= 0.6 is 11.3 Å². The molecular weight excluding hydrogens is 382 g/mol. The normalized spacial score (nSPS) is 11.1. The lowest BCUT2D eigenvalue weighted by Crippen LogP contribution is -2.20. The van der Waals surface area contributed by atoms with Crippen LogP contribution in [0.4, 0.5) is 0 Å². The van der Waals surface area contributed by atoms with E-state index in [9.17, 15) is 4.79 Å². The molecule has 29 heavy (non-hydrogen) atoms. The number of aryl methyl sites for hydroxylation is 1. The molecule has 0 aliphatic rings. The summed E-state index contributed by atoms with van der Waals surface area (Å²) in [5.41, 5.74) is 6.17. The van der Waals surface area contributed by atoms with Crippen molar-refractivity contribution in [1.82, 2.24) is 25.1 Å². The lowest BCUT2D eigenvalue weighted by Gasteiger charge is -2.00. The zero-order valence-corrected chi connectivity index (χ0v) is 16.6. The Balaban J connectivity index is 1.58. The summed E-state index contributed by atoms with van der Waals surface area (Å²) in [7, 11) is 0. The number of pyridine rings is 1. The van der Waals surface area contributed by atoms with E-state index in [2.05, 4.69) is 15.3 Å². The van der Waals surface area contributed by atoms with Crippen LogP contribution in [0.3, 0.4) is 0 Å². The molecule has 0 saturated heterocycles. The topological polar surface area (TPSA) is 72.7 Å². The van der Waals surface area contributed by atoms with Gasteiger partial charge in [-0.3, -0.25) is 9.78 Å². The van der Waals surface area contributed by atoms with Gasteiger partial charge in [0, 0.05) is 40.7 Å². The number of amides is 1. The molecule has 1 amide bonds. The van der Waals surface area contributed by atoms with Crippen molar-refractivity contribution in [2.45, 2.75) is 13.5 Å². The van der Waals surface area contributed by atoms with Crippen molar-refractivity contribution >= 4 is 23.3 Å². The third-order valence-electron chi connectivity index (χ3n) is 4.38. The number of nitrogens with one attached hydrogen (secondary N) is 1. The first-order chi connectivity index (χ1) is 14.2. The molecule has 0 unspecified atom stereocenters. The number of thiazole rings is 1. The Morgan fingerprint density at radius 2 is 2.07 bits per heavy atom. The van der Waals surface area contributed by atoms with Gasteiger partial charge in [-0.15, -0.1) is 11.3 Å². The highest BCUT2D eigenvalue weighted by atomic mass is 32.1. The zero-order valence-electron chi connectivity index (χ0n) is 15.8. The van der Waals surface area contributed by atoms with Gasteiger partial charge in [0.2, 0.25) is 5.91 Å². The van der Waals surface area contributed by atoms with Crippen molar-refractivity contribution in [3.63, 3.8) is 0 Å². The summed E-state index contributed by atoms with van der Waals surface area (Å²) in [4.78, 5) is 21.7. The van der Waals surface area contributed by atoms with E-state index >= 15 is 0 Å². The van der Waals surface area contributed by atoms with E-state index in [0.717, 1.165) is 33.1 Å². The van der Waals surface area contributed by atoms with Crippen LogP contribution in [0, 0.1) is 6.92 Å². The van der Waals surface area contributed by atoms with Crippen molar-refractivity contribution < 1.29 is 4.79 Å². The molecule has 0 atom stereocenters. The number of rotatable bonds is 6. The van der Waals surface area contributed by atoms with E-state index in [1.54, 1.807) is 28.7 Å². The second-order valence-electron chi connectivity index (χ2n) is 6.37. The molecule has 0 aliphatic heterocycles. The Kier molecular flexibility index (Phi) is 5.58. The molecule has 0 bridgehead atoms. The number of nitrogens with zero attached hydrogens (tertiary/aromatic N) is 4. The highest BCUT2D eigenvalue weighted by Gasteiger charge is 2.11. The van der Waals surface area contributed by atoms with Gasteiger partial charge in [0.05, 0.1) is 23.4 Å². The number of para-hydroxylation sites is 1. The first kappa shape index (κ1) is 18.8. The Hall–Kier alpha value is -3.58. The Morgan fingerprint density at radius 3 is 2.79 bits per heavy atom. The fourth-order valence-electron chi connectivity index (χ4n) is 2.84. The minimum Gasteiger partial charge on any atom is -0.348 e. The van der Waals surface area contributed by atoms with Crippen LogP contribution in [0.25, 0.3) is 23.0 Å². The molecule has 4 rings (SSSR count). The molecule has 3 aromatic heterocycles. The molecule has 144 valence electrons. The number of hydrogen-bond acceptors (Lipinski definition) is 5. The van der Waals surface area contributed by atoms with E-state index in [0.29, 0.717) is 6.54 Å². The van der Waals surface area contributed by atoms with Gasteiger partial charge in [-0.05, 0) is 37.3 Å². The molecule has 7 heteroatoms. The van der Waals surface area contributed by atoms with Crippen molar-refractivity contribution in [1.29, 1.82) is 0 Å². The van der Waals surface area contributed by atoms with Gasteiger partial charge in [0.15, 0.2) is 0 Å². The highest BCUT2D eigenvalue weighted by Crippen LogP contribution is 2.24. The first-order valence-corrected chi connectivity index (χ1v) is 9.99. The van der Waals surface area contributed by atoms with Gasteiger partial charge < -0.3 is 5.32 Å². The molecule has 6 nitrogen and oxygen atoms in total. The quantitative estimate of drug-likeness (QED) is 0.495. The van der Waals surface area contributed by atoms with Crippen LogP contribution in [-0.4, -0.2) is 25.7 Å². The number of hydrogen-bond donors (Lipinski definition) is 1. The number of carbonyl (C=O) groups excluding carboxylic acids is 1. The van der Waals surface area contributed by atoms with Gasteiger partial charge in [0.1, 0.15) is 5.69 Å². The minimum absolute atomic E-state index is 0.164. The molecule has 0 radical (unpaired) electrons. The number of aromatic nitrogens is 4. The fraction of sp³-hybridized carbons (Fsp3) is 0.0909. The third kappa shape index (κ3) is 4.47. The molecule has 0 saturated carbocycles. The Bertz CT molecular complexity index is 1130. The van der Waals surface area contributed by atoms with Crippen LogP contribution in [-0.2, 0) is 11.3 Å². The summed E-state index contributed by atoms with van der Waals surface area (Å²) in [5.74, 6) is -0.164. The van der Waals surface area contributed by atoms with Crippen molar-refractivity contribution in [3.8, 4) is 16.9 Å². The van der Waals surface area contributed by atoms with E-state index in [1.165, 1.54) is 17.4 Å². The van der Waals surface area contributed by atoms with Crippen LogP contribution in [0.2, 0.25) is 0 Å². The summed E-state index contributed by atoms with van der Waals surface area (Å²) < 4.78 is 1.81. The maximum Gasteiger partial charge on any atom is 0.244 e. The first-order valence-electron chi connectivity index (χ1n) is 9.11. The summed E-state index contributed by atoms with van der Waals surface area (Å²) in [6, 6.07) is 13.7. The maximum atomic E-state index is 12.3. The van der Waals surface area contributed by atoms with Crippen molar-refractivity contribution in [2.75, 3.05) is 0 Å². The predicted octanol–water partition coefficient (Wildman–Crippen LogP) is 4.03. The van der Waals surface area contributed by atoms with Crippen LogP contribution in [0.15, 0.2) is 72.6 Å². The standard InChI is InChI=1S/C22H19N5OS/c1-16-20(29-15-25-16)13-24-21(28)10-9-18-14-27(19-7-3-2-4-8-19)26-22(18)17-6-5-11-23-12-17/h2-12,14-15H,13H2,1H3,(H,24,28). The van der Waals surface area contributed by atoms with E-state index in [-0.39, 0.29) is 5.91 Å². The molecule has 4 aromatic rings. The van der Waals surface area contributed by atoms with Gasteiger partial charge in [-0.1, -0.05) is 18.2 Å². The lowest BCUT2D eigenvalue weighted by molar-refractivity contribution is -0.116. The number of carbonyl (C=O) groups is 1. The van der Waals surface area contributed by atoms with E-state index in [1.807, 2.05) is 55.6 Å². The Labute approximate surface area is 172 Å². The molecule has 0 spiro atoms. The average Bonchev–Trinajstić information content (AvgIpc) is 3.38. The summed E-state index contributed by atoms with van der Waals surface area (Å²) in [5, 5.41) is 7.61. The van der Waals surface area contributed by atoms with Crippen LogP contribution in [0.1, 0.15) is 16.1 Å². The maximum absolute atomic E-state index is 12.3. The average molecular weight is 401 g/mol. The minimum atomic E-state index is -0.164. The smallest absolute Gasteiger partial charge is 0.244 e. The molecule has 3 heterocycles. The summed E-state index contributed by atoms with van der Waals surface area (Å²) in [6.45, 7) is 2.41. The molecular formula is C22H19N5OS. The molecule has 0 fully saturated rings. The number of benzene rings is 1. The highest BCUT2D eigenvalue weighted by molar-refractivity contribution is 7.09. The van der Waals surface area contributed by atoms with Crippen LogP contribution in [0.5, 0.6) is 0 Å². The van der Waals surface area contributed by atoms with E-state index in [4.69, 9.17) is 5.10 Å². The second kappa shape index (κ2) is 8.62. The summed E-state index contributed by atoms with van der Waals surface area (Å²) in [6.07, 6.45) is 8.71. The van der Waals surface area contributed by atoms with E-state index < -0.39 is 0 Å². The van der Waals surface area contributed by atoms with Crippen molar-refractivity contribution in [3.05, 3.63) is 88.8 Å². The largest absolute Gasteiger partial charge is 0.348 e. The molecule has 1 N–H and O–H groups in total.